The lowest BCUT2D eigenvalue weighted by atomic mass is 9.94. The highest BCUT2D eigenvalue weighted by Gasteiger charge is 2.41. The molecule has 0 aromatic heterocycles. The van der Waals surface area contributed by atoms with E-state index in [0.29, 0.717) is 17.5 Å². The fourth-order valence-corrected chi connectivity index (χ4v) is 4.26. The van der Waals surface area contributed by atoms with Crippen molar-refractivity contribution in [2.45, 2.75) is 39.2 Å². The molecule has 1 aliphatic heterocycles. The molecule has 1 heterocycles. The molecule has 0 bridgehead atoms. The number of esters is 1. The van der Waals surface area contributed by atoms with E-state index in [-0.39, 0.29) is 11.4 Å². The molecule has 2 unspecified atom stereocenters. The number of hydrogen-bond acceptors (Lipinski definition) is 3. The maximum Gasteiger partial charge on any atom is 0.337 e. The number of allylic oxidation sites excluding steroid dienone is 1. The van der Waals surface area contributed by atoms with E-state index in [4.69, 9.17) is 4.74 Å². The maximum atomic E-state index is 11.9. The highest BCUT2D eigenvalue weighted by Crippen LogP contribution is 2.50. The molecule has 22 heavy (non-hydrogen) atoms. The molecule has 1 aliphatic carbocycles. The molecule has 2 atom stereocenters. The van der Waals surface area contributed by atoms with E-state index in [1.165, 1.54) is 18.4 Å². The quantitative estimate of drug-likeness (QED) is 0.571. The first-order chi connectivity index (χ1) is 10.3. The van der Waals surface area contributed by atoms with Crippen molar-refractivity contribution >= 4 is 27.6 Å². The molecule has 0 saturated carbocycles. The Labute approximate surface area is 140 Å². The van der Waals surface area contributed by atoms with Crippen LogP contribution in [0, 0.1) is 5.41 Å². The van der Waals surface area contributed by atoms with E-state index in [1.807, 2.05) is 12.1 Å². The van der Waals surface area contributed by atoms with E-state index in [2.05, 4.69) is 53.8 Å². The van der Waals surface area contributed by atoms with Gasteiger partial charge in [-0.15, -0.1) is 0 Å². The SMILES string of the molecule is COC(=O)c1cc(Br)c2c(c1)C1CC=CC1N2CC(C)(C)C. The number of methoxy groups -OCH3 is 1. The van der Waals surface area contributed by atoms with Crippen LogP contribution >= 0.6 is 15.9 Å². The molecule has 1 aromatic carbocycles. The van der Waals surface area contributed by atoms with Gasteiger partial charge in [0.25, 0.3) is 0 Å². The van der Waals surface area contributed by atoms with Crippen LogP contribution in [0.25, 0.3) is 0 Å². The van der Waals surface area contributed by atoms with Crippen LogP contribution in [-0.4, -0.2) is 25.7 Å². The second-order valence-corrected chi connectivity index (χ2v) is 8.19. The van der Waals surface area contributed by atoms with Crippen molar-refractivity contribution in [1.82, 2.24) is 0 Å². The van der Waals surface area contributed by atoms with Crippen molar-refractivity contribution in [3.63, 3.8) is 0 Å². The molecule has 0 N–H and O–H groups in total. The summed E-state index contributed by atoms with van der Waals surface area (Å²) in [6.07, 6.45) is 5.60. The summed E-state index contributed by atoms with van der Waals surface area (Å²) in [4.78, 5) is 14.4. The Kier molecular flexibility index (Phi) is 3.84. The molecular weight excluding hydrogens is 342 g/mol. The van der Waals surface area contributed by atoms with Crippen LogP contribution in [0.3, 0.4) is 0 Å². The molecule has 0 amide bonds. The molecular formula is C18H22BrNO2. The van der Waals surface area contributed by atoms with E-state index in [0.717, 1.165) is 17.4 Å². The zero-order valence-corrected chi connectivity index (χ0v) is 15.1. The zero-order valence-electron chi connectivity index (χ0n) is 13.5. The maximum absolute atomic E-state index is 11.9. The normalized spacial score (nSPS) is 22.7. The first kappa shape index (κ1) is 15.6. The molecule has 118 valence electrons. The highest BCUT2D eigenvalue weighted by molar-refractivity contribution is 9.10. The number of hydrogen-bond donors (Lipinski definition) is 0. The van der Waals surface area contributed by atoms with Gasteiger partial charge >= 0.3 is 5.97 Å². The summed E-state index contributed by atoms with van der Waals surface area (Å²) in [5.41, 5.74) is 3.33. The van der Waals surface area contributed by atoms with Crippen LogP contribution in [0.4, 0.5) is 5.69 Å². The Hall–Kier alpha value is -1.29. The largest absolute Gasteiger partial charge is 0.465 e. The predicted molar refractivity (Wildman–Crippen MR) is 92.6 cm³/mol. The third-order valence-electron chi connectivity index (χ3n) is 4.34. The number of halogens is 1. The average molecular weight is 364 g/mol. The summed E-state index contributed by atoms with van der Waals surface area (Å²) in [5, 5.41) is 0. The Morgan fingerprint density at radius 3 is 2.77 bits per heavy atom. The van der Waals surface area contributed by atoms with Crippen molar-refractivity contribution in [2.24, 2.45) is 5.41 Å². The van der Waals surface area contributed by atoms with Crippen molar-refractivity contribution in [2.75, 3.05) is 18.6 Å². The van der Waals surface area contributed by atoms with Crippen molar-refractivity contribution in [3.05, 3.63) is 39.9 Å². The number of benzene rings is 1. The minimum Gasteiger partial charge on any atom is -0.465 e. The topological polar surface area (TPSA) is 29.5 Å². The van der Waals surface area contributed by atoms with Gasteiger partial charge in [0.05, 0.1) is 24.4 Å². The molecule has 1 aromatic rings. The molecule has 0 spiro atoms. The van der Waals surface area contributed by atoms with Gasteiger partial charge in [0.1, 0.15) is 0 Å². The van der Waals surface area contributed by atoms with Crippen LogP contribution in [-0.2, 0) is 4.74 Å². The third-order valence-corrected chi connectivity index (χ3v) is 4.95. The lowest BCUT2D eigenvalue weighted by Gasteiger charge is -2.33. The fourth-order valence-electron chi connectivity index (χ4n) is 3.56. The first-order valence-electron chi connectivity index (χ1n) is 7.67. The number of fused-ring (bicyclic) bond motifs is 3. The Morgan fingerprint density at radius 2 is 2.14 bits per heavy atom. The van der Waals surface area contributed by atoms with Gasteiger partial charge in [-0.2, -0.15) is 0 Å². The van der Waals surface area contributed by atoms with E-state index < -0.39 is 0 Å². The molecule has 0 fully saturated rings. The Bertz CT molecular complexity index is 645. The number of nitrogens with zero attached hydrogens (tertiary/aromatic N) is 1. The molecule has 3 nitrogen and oxygen atoms in total. The van der Waals surface area contributed by atoms with E-state index >= 15 is 0 Å². The summed E-state index contributed by atoms with van der Waals surface area (Å²) < 4.78 is 5.86. The number of anilines is 1. The smallest absolute Gasteiger partial charge is 0.337 e. The van der Waals surface area contributed by atoms with Crippen molar-refractivity contribution in [1.29, 1.82) is 0 Å². The molecule has 2 aliphatic rings. The third kappa shape index (κ3) is 2.58. The van der Waals surface area contributed by atoms with Crippen LogP contribution in [0.2, 0.25) is 0 Å². The van der Waals surface area contributed by atoms with Gasteiger partial charge in [-0.1, -0.05) is 32.9 Å². The van der Waals surface area contributed by atoms with Crippen LogP contribution in [0.15, 0.2) is 28.8 Å². The van der Waals surface area contributed by atoms with Crippen molar-refractivity contribution < 1.29 is 9.53 Å². The summed E-state index contributed by atoms with van der Waals surface area (Å²) in [6.45, 7) is 7.77. The van der Waals surface area contributed by atoms with Crippen LogP contribution in [0.1, 0.15) is 49.0 Å². The van der Waals surface area contributed by atoms with Crippen LogP contribution < -0.4 is 4.90 Å². The van der Waals surface area contributed by atoms with Crippen LogP contribution in [0.5, 0.6) is 0 Å². The van der Waals surface area contributed by atoms with E-state index in [1.54, 1.807) is 0 Å². The molecule has 3 rings (SSSR count). The summed E-state index contributed by atoms with van der Waals surface area (Å²) in [6, 6.07) is 4.29. The lowest BCUT2D eigenvalue weighted by Crippen LogP contribution is -2.37. The molecule has 0 radical (unpaired) electrons. The minimum absolute atomic E-state index is 0.211. The van der Waals surface area contributed by atoms with Crippen molar-refractivity contribution in [3.8, 4) is 0 Å². The lowest BCUT2D eigenvalue weighted by molar-refractivity contribution is 0.0600. The van der Waals surface area contributed by atoms with E-state index in [9.17, 15) is 4.79 Å². The Morgan fingerprint density at radius 1 is 1.41 bits per heavy atom. The van der Waals surface area contributed by atoms with Gasteiger partial charge < -0.3 is 9.64 Å². The Balaban J connectivity index is 2.08. The second kappa shape index (κ2) is 5.41. The summed E-state index contributed by atoms with van der Waals surface area (Å²) >= 11 is 3.68. The van der Waals surface area contributed by atoms with Gasteiger partial charge in [-0.05, 0) is 45.5 Å². The number of rotatable bonds is 2. The highest BCUT2D eigenvalue weighted by atomic mass is 79.9. The van der Waals surface area contributed by atoms with Gasteiger partial charge in [0.15, 0.2) is 0 Å². The van der Waals surface area contributed by atoms with Gasteiger partial charge in [0.2, 0.25) is 0 Å². The predicted octanol–water partition coefficient (Wildman–Crippen LogP) is 4.51. The van der Waals surface area contributed by atoms with Gasteiger partial charge in [-0.3, -0.25) is 0 Å². The van der Waals surface area contributed by atoms with Gasteiger partial charge in [0, 0.05) is 16.9 Å². The molecule has 0 saturated heterocycles. The summed E-state index contributed by atoms with van der Waals surface area (Å²) in [7, 11) is 1.43. The minimum atomic E-state index is -0.278. The standard InChI is InChI=1S/C18H22BrNO2/c1-18(2,3)10-20-15-7-5-6-12(15)13-8-11(17(21)22-4)9-14(19)16(13)20/h5,7-9,12,15H,6,10H2,1-4H3. The number of ether oxygens (including phenoxy) is 1. The summed E-state index contributed by atoms with van der Waals surface area (Å²) in [5.74, 6) is 0.165. The first-order valence-corrected chi connectivity index (χ1v) is 8.46. The number of carbonyl (C=O) groups is 1. The average Bonchev–Trinajstić information content (AvgIpc) is 3.00. The van der Waals surface area contributed by atoms with Gasteiger partial charge in [-0.25, -0.2) is 4.79 Å². The second-order valence-electron chi connectivity index (χ2n) is 7.34. The number of carbonyl (C=O) groups excluding carboxylic acids is 1. The zero-order chi connectivity index (χ0) is 16.1. The molecule has 4 heteroatoms. The monoisotopic (exact) mass is 363 g/mol. The fraction of sp³-hybridized carbons (Fsp3) is 0.500.